The molecule has 89 heavy (non-hydrogen) atoms. The summed E-state index contributed by atoms with van der Waals surface area (Å²) in [6.45, 7) is 9.08. The molecule has 2 N–H and O–H groups in total. The molecular weight excluding hydrogens is 1160 g/mol. The van der Waals surface area contributed by atoms with Crippen molar-refractivity contribution in [3.8, 4) is 40.2 Å². The van der Waals surface area contributed by atoms with Gasteiger partial charge in [-0.2, -0.15) is 0 Å². The van der Waals surface area contributed by atoms with Crippen LogP contribution in [-0.2, 0) is 34.0 Å². The number of nitrogens with zero attached hydrogens (tertiary/aromatic N) is 5. The molecule has 0 bridgehead atoms. The number of piperidine rings is 4. The van der Waals surface area contributed by atoms with E-state index in [4.69, 9.17) is 47.4 Å². The van der Waals surface area contributed by atoms with Gasteiger partial charge in [0, 0.05) is 38.3 Å². The van der Waals surface area contributed by atoms with E-state index in [-0.39, 0.29) is 70.5 Å². The van der Waals surface area contributed by atoms with Crippen LogP contribution in [-0.4, -0.2) is 138 Å². The molecule has 26 nitrogen and oxygen atoms in total. The summed E-state index contributed by atoms with van der Waals surface area (Å²) in [5, 5.41) is 40.2. The largest absolute Gasteiger partial charge is 0.514 e. The Labute approximate surface area is 519 Å². The van der Waals surface area contributed by atoms with E-state index in [1.165, 1.54) is 130 Å². The minimum absolute atomic E-state index is 0.0208. The smallest absolute Gasteiger partial charge is 0.493 e. The number of aryl methyl sites for hydroxylation is 1. The molecule has 4 fully saturated rings. The summed E-state index contributed by atoms with van der Waals surface area (Å²) in [6, 6.07) is 13.7. The summed E-state index contributed by atoms with van der Waals surface area (Å²) in [5.74, 6) is 5.42. The van der Waals surface area contributed by atoms with E-state index in [2.05, 4.69) is 10.6 Å². The predicted octanol–water partition coefficient (Wildman–Crippen LogP) is 11.9. The van der Waals surface area contributed by atoms with E-state index in [1.807, 2.05) is 19.1 Å². The minimum Gasteiger partial charge on any atom is -0.493 e. The highest BCUT2D eigenvalue weighted by Crippen LogP contribution is 2.38. The molecule has 4 aromatic carbocycles. The number of likely N-dealkylation sites (tertiary alicyclic amines) is 2. The van der Waals surface area contributed by atoms with Crippen molar-refractivity contribution < 1.29 is 76.5 Å². The Balaban J connectivity index is 0.000000250. The van der Waals surface area contributed by atoms with Crippen LogP contribution < -0.4 is 43.8 Å². The Morgan fingerprint density at radius 2 is 0.798 bits per heavy atom. The number of rotatable bonds is 24. The van der Waals surface area contributed by atoms with Gasteiger partial charge < -0.3 is 67.8 Å². The van der Waals surface area contributed by atoms with Gasteiger partial charge in [-0.3, -0.25) is 30.3 Å². The lowest BCUT2D eigenvalue weighted by atomic mass is 9.87. The lowest BCUT2D eigenvalue weighted by Gasteiger charge is -2.33. The SMILES string of the molecule is C(CC1CCNCC1)CC1CCNCC1.COc1cc(C)c(COC(=O)N2CCC(CCCC3CCN(C(=O)OCc4cc(OC)c(OC)cc4[N+](=O)[O-])CC3)CC2)cc1OC.COc1cc(COC(=O)Oc2ccc([N+](=O)[O-])cc2)c([N+](=O)[O-])cc1OC. The molecule has 0 atom stereocenters. The van der Waals surface area contributed by atoms with Crippen LogP contribution in [0.2, 0.25) is 0 Å². The van der Waals surface area contributed by atoms with E-state index < -0.39 is 33.6 Å². The molecule has 0 aromatic heterocycles. The molecule has 2 amide bonds. The van der Waals surface area contributed by atoms with Gasteiger partial charge in [-0.25, -0.2) is 14.4 Å². The standard InChI is InChI=1S/C34H47N3O10.C16H14N2O9.C13H26N2/c1-23-17-29(42-2)30(43-3)18-26(23)21-46-33(38)35-13-9-24(10-14-35)7-6-8-25-11-15-36(16-12-25)34(39)47-22-27-19-31(44-4)32(45-5)20-28(27)37(40)41;1-24-14-7-10(13(18(22)23)8-15(14)25-2)9-26-16(19)27-12-5-3-11(4-6-12)17(20)21;1(2-12-4-8-14-9-5-12)3-13-6-10-15-11-7-13/h17-20,24-25H,6-16,21-22H2,1-5H3;3-8H,9H2,1-2H3;12-15H,1-11H2. The highest BCUT2D eigenvalue weighted by Gasteiger charge is 2.29. The molecule has 488 valence electrons. The summed E-state index contributed by atoms with van der Waals surface area (Å²) in [7, 11) is 8.71. The van der Waals surface area contributed by atoms with Crippen LogP contribution in [0.1, 0.15) is 112 Å². The number of nitro groups is 3. The van der Waals surface area contributed by atoms with E-state index in [9.17, 15) is 44.7 Å². The first-order valence-electron chi connectivity index (χ1n) is 30.3. The fraction of sp³-hybridized carbons (Fsp3) is 0.571. The normalized spacial score (nSPS) is 15.6. The monoisotopic (exact) mass is 1250 g/mol. The van der Waals surface area contributed by atoms with Crippen LogP contribution >= 0.6 is 0 Å². The van der Waals surface area contributed by atoms with Gasteiger partial charge >= 0.3 is 18.3 Å². The van der Waals surface area contributed by atoms with Crippen molar-refractivity contribution in [1.82, 2.24) is 20.4 Å². The second kappa shape index (κ2) is 36.2. The number of hydrogen-bond donors (Lipinski definition) is 2. The van der Waals surface area contributed by atoms with E-state index in [0.29, 0.717) is 55.3 Å². The van der Waals surface area contributed by atoms with Crippen molar-refractivity contribution in [2.24, 2.45) is 23.7 Å². The van der Waals surface area contributed by atoms with Crippen LogP contribution in [0.4, 0.5) is 31.4 Å². The molecule has 0 radical (unpaired) electrons. The molecule has 4 aliphatic rings. The second-order valence-electron chi connectivity index (χ2n) is 22.4. The highest BCUT2D eigenvalue weighted by atomic mass is 16.7. The Bertz CT molecular complexity index is 2920. The van der Waals surface area contributed by atoms with Crippen molar-refractivity contribution in [3.05, 3.63) is 113 Å². The van der Waals surface area contributed by atoms with Gasteiger partial charge in [0.1, 0.15) is 25.6 Å². The number of ether oxygens (including phenoxy) is 10. The quantitative estimate of drug-likeness (QED) is 0.0216. The Morgan fingerprint density at radius 3 is 1.17 bits per heavy atom. The van der Waals surface area contributed by atoms with Gasteiger partial charge in [-0.1, -0.05) is 38.5 Å². The number of nitro benzene ring substituents is 3. The van der Waals surface area contributed by atoms with Crippen molar-refractivity contribution in [2.45, 2.75) is 117 Å². The third-order valence-corrected chi connectivity index (χ3v) is 16.8. The molecule has 4 aliphatic heterocycles. The zero-order chi connectivity index (χ0) is 64.2. The minimum atomic E-state index is -1.13. The molecular formula is C63H87N7O19. The van der Waals surface area contributed by atoms with Crippen LogP contribution in [0.5, 0.6) is 40.2 Å². The zero-order valence-corrected chi connectivity index (χ0v) is 52.3. The van der Waals surface area contributed by atoms with Crippen molar-refractivity contribution in [2.75, 3.05) is 95.0 Å². The average molecular weight is 1250 g/mol. The van der Waals surface area contributed by atoms with Gasteiger partial charge in [0.2, 0.25) is 0 Å². The Hall–Kier alpha value is -8.39. The summed E-state index contributed by atoms with van der Waals surface area (Å²) in [6.07, 6.45) is 15.3. The molecule has 0 aliphatic carbocycles. The Kier molecular flexibility index (Phi) is 28.3. The van der Waals surface area contributed by atoms with Crippen LogP contribution in [0.3, 0.4) is 0 Å². The fourth-order valence-electron chi connectivity index (χ4n) is 11.5. The van der Waals surface area contributed by atoms with Crippen molar-refractivity contribution >= 4 is 35.4 Å². The number of benzene rings is 4. The third kappa shape index (κ3) is 21.7. The predicted molar refractivity (Wildman–Crippen MR) is 328 cm³/mol. The highest BCUT2D eigenvalue weighted by molar-refractivity contribution is 5.69. The first-order chi connectivity index (χ1) is 43.0. The number of methoxy groups -OCH3 is 6. The molecule has 4 aromatic rings. The van der Waals surface area contributed by atoms with Gasteiger partial charge in [0.25, 0.3) is 17.1 Å². The van der Waals surface area contributed by atoms with Gasteiger partial charge in [0.15, 0.2) is 34.5 Å². The average Bonchev–Trinajstić information content (AvgIpc) is 3.30. The first-order valence-corrected chi connectivity index (χ1v) is 30.3. The van der Waals surface area contributed by atoms with Crippen LogP contribution in [0.15, 0.2) is 60.7 Å². The van der Waals surface area contributed by atoms with Gasteiger partial charge in [-0.15, -0.1) is 0 Å². The summed E-state index contributed by atoms with van der Waals surface area (Å²) in [5.41, 5.74) is 1.48. The molecule has 8 rings (SSSR count). The lowest BCUT2D eigenvalue weighted by molar-refractivity contribution is -0.386. The zero-order valence-electron chi connectivity index (χ0n) is 52.3. The molecule has 26 heteroatoms. The topological polar surface area (TPSA) is 303 Å². The maximum atomic E-state index is 12.7. The van der Waals surface area contributed by atoms with Gasteiger partial charge in [-0.05, 0) is 156 Å². The van der Waals surface area contributed by atoms with E-state index in [1.54, 1.807) is 24.0 Å². The number of carbonyl (C=O) groups is 3. The molecule has 0 saturated carbocycles. The number of carbonyl (C=O) groups excluding carboxylic acids is 3. The summed E-state index contributed by atoms with van der Waals surface area (Å²) in [4.78, 5) is 72.2. The maximum Gasteiger partial charge on any atom is 0.514 e. The van der Waals surface area contributed by atoms with Crippen LogP contribution in [0, 0.1) is 60.9 Å². The molecule has 4 saturated heterocycles. The molecule has 4 heterocycles. The second-order valence-corrected chi connectivity index (χ2v) is 22.4. The van der Waals surface area contributed by atoms with Crippen molar-refractivity contribution in [1.29, 1.82) is 0 Å². The Morgan fingerprint density at radius 1 is 0.461 bits per heavy atom. The number of non-ortho nitro benzene ring substituents is 1. The molecule has 0 spiro atoms. The van der Waals surface area contributed by atoms with Crippen LogP contribution in [0.25, 0.3) is 0 Å². The van der Waals surface area contributed by atoms with Gasteiger partial charge in [0.05, 0.1) is 80.7 Å². The third-order valence-electron chi connectivity index (χ3n) is 16.8. The number of nitrogens with one attached hydrogen (secondary N) is 2. The van der Waals surface area contributed by atoms with Crippen molar-refractivity contribution in [3.63, 3.8) is 0 Å². The fourth-order valence-corrected chi connectivity index (χ4v) is 11.5. The van der Waals surface area contributed by atoms with E-state index in [0.717, 1.165) is 86.1 Å². The number of amides is 2. The first kappa shape index (κ1) is 69.7. The number of hydrogen-bond acceptors (Lipinski definition) is 21. The summed E-state index contributed by atoms with van der Waals surface area (Å²) >= 11 is 0. The lowest BCUT2D eigenvalue weighted by Crippen LogP contribution is -2.39. The molecule has 0 unspecified atom stereocenters. The summed E-state index contributed by atoms with van der Waals surface area (Å²) < 4.78 is 52.0. The maximum absolute atomic E-state index is 12.7. The van der Waals surface area contributed by atoms with E-state index >= 15 is 0 Å².